The molecule has 0 radical (unpaired) electrons. The van der Waals surface area contributed by atoms with Crippen LogP contribution in [0.2, 0.25) is 10.0 Å². The molecule has 1 heterocycles. The summed E-state index contributed by atoms with van der Waals surface area (Å²) < 4.78 is 0. The van der Waals surface area contributed by atoms with E-state index in [9.17, 15) is 4.79 Å². The molecule has 1 saturated heterocycles. The summed E-state index contributed by atoms with van der Waals surface area (Å²) in [6, 6.07) is 5.59. The van der Waals surface area contributed by atoms with Crippen LogP contribution in [0, 0.1) is 5.92 Å². The van der Waals surface area contributed by atoms with Crippen molar-refractivity contribution in [3.63, 3.8) is 0 Å². The first-order chi connectivity index (χ1) is 10.2. The van der Waals surface area contributed by atoms with Crippen LogP contribution in [0.5, 0.6) is 0 Å². The van der Waals surface area contributed by atoms with E-state index in [0.29, 0.717) is 10.0 Å². The summed E-state index contributed by atoms with van der Waals surface area (Å²) >= 11 is 12.2. The maximum Gasteiger partial charge on any atom is 0.224 e. The molecule has 1 atom stereocenters. The average molecular weight is 343 g/mol. The minimum Gasteiger partial charge on any atom is -0.351 e. The largest absolute Gasteiger partial charge is 0.351 e. The molecular formula is C17H24Cl2N2O. The quantitative estimate of drug-likeness (QED) is 0.895. The topological polar surface area (TPSA) is 32.3 Å². The van der Waals surface area contributed by atoms with Crippen molar-refractivity contribution in [2.24, 2.45) is 5.92 Å². The molecule has 0 aliphatic carbocycles. The van der Waals surface area contributed by atoms with Gasteiger partial charge in [0.05, 0.1) is 5.92 Å². The van der Waals surface area contributed by atoms with Crippen molar-refractivity contribution in [2.45, 2.75) is 45.7 Å². The number of carbonyl (C=O) groups excluding carboxylic acids is 1. The molecule has 0 aromatic heterocycles. The molecule has 3 nitrogen and oxygen atoms in total. The van der Waals surface area contributed by atoms with Crippen LogP contribution in [0.25, 0.3) is 0 Å². The van der Waals surface area contributed by atoms with Gasteiger partial charge in [0.25, 0.3) is 0 Å². The fraction of sp³-hybridized carbons (Fsp3) is 0.588. The molecule has 22 heavy (non-hydrogen) atoms. The first-order valence-corrected chi connectivity index (χ1v) is 8.48. The maximum absolute atomic E-state index is 12.3. The van der Waals surface area contributed by atoms with Crippen molar-refractivity contribution in [1.82, 2.24) is 10.2 Å². The van der Waals surface area contributed by atoms with Crippen LogP contribution in [0.1, 0.15) is 39.2 Å². The van der Waals surface area contributed by atoms with E-state index >= 15 is 0 Å². The van der Waals surface area contributed by atoms with Gasteiger partial charge < -0.3 is 5.32 Å². The van der Waals surface area contributed by atoms with Crippen LogP contribution in [0.4, 0.5) is 0 Å². The highest BCUT2D eigenvalue weighted by molar-refractivity contribution is 6.35. The predicted octanol–water partition coefficient (Wildman–Crippen LogP) is 4.12. The number of hydrogen-bond acceptors (Lipinski definition) is 2. The molecule has 2 rings (SSSR count). The highest BCUT2D eigenvalue weighted by Crippen LogP contribution is 2.25. The van der Waals surface area contributed by atoms with Gasteiger partial charge in [-0.2, -0.15) is 0 Å². The van der Waals surface area contributed by atoms with E-state index in [1.54, 1.807) is 6.07 Å². The van der Waals surface area contributed by atoms with Gasteiger partial charge in [-0.3, -0.25) is 9.69 Å². The van der Waals surface area contributed by atoms with Crippen molar-refractivity contribution < 1.29 is 4.79 Å². The monoisotopic (exact) mass is 342 g/mol. The van der Waals surface area contributed by atoms with E-state index in [1.807, 2.05) is 32.9 Å². The second-order valence-corrected chi connectivity index (χ2v) is 7.89. The summed E-state index contributed by atoms with van der Waals surface area (Å²) in [5.74, 6) is 0.207. The molecule has 1 aromatic carbocycles. The van der Waals surface area contributed by atoms with Crippen LogP contribution in [-0.4, -0.2) is 29.4 Å². The fourth-order valence-electron chi connectivity index (χ4n) is 2.78. The summed E-state index contributed by atoms with van der Waals surface area (Å²) in [6.45, 7) is 8.57. The number of benzene rings is 1. The zero-order valence-corrected chi connectivity index (χ0v) is 15.0. The molecule has 1 fully saturated rings. The van der Waals surface area contributed by atoms with Gasteiger partial charge in [0.1, 0.15) is 0 Å². The van der Waals surface area contributed by atoms with Crippen LogP contribution in [-0.2, 0) is 11.3 Å². The van der Waals surface area contributed by atoms with Gasteiger partial charge in [0.2, 0.25) is 5.91 Å². The van der Waals surface area contributed by atoms with Crippen LogP contribution >= 0.6 is 23.2 Å². The predicted molar refractivity (Wildman–Crippen MR) is 92.4 cm³/mol. The average Bonchev–Trinajstić information content (AvgIpc) is 2.40. The Kier molecular flexibility index (Phi) is 5.76. The van der Waals surface area contributed by atoms with E-state index in [1.165, 1.54) is 0 Å². The van der Waals surface area contributed by atoms with Crippen LogP contribution in [0.3, 0.4) is 0 Å². The molecule has 0 bridgehead atoms. The van der Waals surface area contributed by atoms with Gasteiger partial charge >= 0.3 is 0 Å². The number of carbonyl (C=O) groups is 1. The molecule has 1 amide bonds. The van der Waals surface area contributed by atoms with Gasteiger partial charge in [-0.05, 0) is 57.9 Å². The van der Waals surface area contributed by atoms with Gasteiger partial charge in [0.15, 0.2) is 0 Å². The Labute approximate surface area is 143 Å². The normalized spacial score (nSPS) is 20.0. The lowest BCUT2D eigenvalue weighted by Gasteiger charge is -2.34. The smallest absolute Gasteiger partial charge is 0.224 e. The summed E-state index contributed by atoms with van der Waals surface area (Å²) in [5, 5.41) is 4.42. The second-order valence-electron chi connectivity index (χ2n) is 7.05. The van der Waals surface area contributed by atoms with E-state index < -0.39 is 0 Å². The van der Waals surface area contributed by atoms with Crippen molar-refractivity contribution in [3.05, 3.63) is 33.8 Å². The molecule has 122 valence electrons. The Balaban J connectivity index is 1.97. The summed E-state index contributed by atoms with van der Waals surface area (Å²) in [7, 11) is 0. The minimum absolute atomic E-state index is 0.0547. The minimum atomic E-state index is -0.182. The Bertz CT molecular complexity index is 540. The third kappa shape index (κ3) is 5.15. The lowest BCUT2D eigenvalue weighted by molar-refractivity contribution is -0.128. The van der Waals surface area contributed by atoms with E-state index in [-0.39, 0.29) is 17.4 Å². The number of nitrogens with one attached hydrogen (secondary N) is 1. The Hall–Kier alpha value is -0.770. The van der Waals surface area contributed by atoms with Crippen molar-refractivity contribution >= 4 is 29.1 Å². The summed E-state index contributed by atoms with van der Waals surface area (Å²) in [6.07, 6.45) is 1.99. The molecule has 0 saturated carbocycles. The first-order valence-electron chi connectivity index (χ1n) is 7.73. The molecule has 1 aromatic rings. The summed E-state index contributed by atoms with van der Waals surface area (Å²) in [5.41, 5.74) is 0.877. The Morgan fingerprint density at radius 2 is 2.09 bits per heavy atom. The van der Waals surface area contributed by atoms with Gasteiger partial charge in [-0.15, -0.1) is 0 Å². The van der Waals surface area contributed by atoms with Gasteiger partial charge in [0, 0.05) is 28.7 Å². The lowest BCUT2D eigenvalue weighted by atomic mass is 9.95. The molecule has 1 aliphatic heterocycles. The zero-order chi connectivity index (χ0) is 16.3. The number of amides is 1. The fourth-order valence-corrected chi connectivity index (χ4v) is 3.24. The van der Waals surface area contributed by atoms with Gasteiger partial charge in [-0.1, -0.05) is 29.3 Å². The molecule has 0 spiro atoms. The molecule has 1 aliphatic rings. The number of nitrogens with zero attached hydrogens (tertiary/aromatic N) is 1. The molecule has 5 heteroatoms. The van der Waals surface area contributed by atoms with E-state index in [0.717, 1.165) is 38.0 Å². The highest BCUT2D eigenvalue weighted by Gasteiger charge is 2.28. The molecular weight excluding hydrogens is 319 g/mol. The maximum atomic E-state index is 12.3. The first kappa shape index (κ1) is 17.6. The number of piperidine rings is 1. The Morgan fingerprint density at radius 3 is 2.73 bits per heavy atom. The van der Waals surface area contributed by atoms with E-state index in [4.69, 9.17) is 23.2 Å². The van der Waals surface area contributed by atoms with Crippen molar-refractivity contribution in [2.75, 3.05) is 13.1 Å². The molecule has 1 N–H and O–H groups in total. The Morgan fingerprint density at radius 1 is 1.36 bits per heavy atom. The second kappa shape index (κ2) is 7.20. The standard InChI is InChI=1S/C17H24Cl2N2O/c1-17(2,3)20-16(22)13-5-4-8-21(11-13)10-12-6-7-14(18)9-15(12)19/h6-7,9,13H,4-5,8,10-11H2,1-3H3,(H,20,22)/t13-/m1/s1. The van der Waals surface area contributed by atoms with E-state index in [2.05, 4.69) is 10.2 Å². The van der Waals surface area contributed by atoms with Crippen LogP contribution < -0.4 is 5.32 Å². The number of hydrogen-bond donors (Lipinski definition) is 1. The molecule has 0 unspecified atom stereocenters. The number of likely N-dealkylation sites (tertiary alicyclic amines) is 1. The highest BCUT2D eigenvalue weighted by atomic mass is 35.5. The van der Waals surface area contributed by atoms with Gasteiger partial charge in [-0.25, -0.2) is 0 Å². The third-order valence-electron chi connectivity index (χ3n) is 3.78. The number of rotatable bonds is 3. The number of halogens is 2. The lowest BCUT2D eigenvalue weighted by Crippen LogP contribution is -2.48. The summed E-state index contributed by atoms with van der Waals surface area (Å²) in [4.78, 5) is 14.6. The third-order valence-corrected chi connectivity index (χ3v) is 4.37. The zero-order valence-electron chi connectivity index (χ0n) is 13.5. The van der Waals surface area contributed by atoms with Crippen LogP contribution in [0.15, 0.2) is 18.2 Å². The van der Waals surface area contributed by atoms with Crippen molar-refractivity contribution in [3.8, 4) is 0 Å². The SMILES string of the molecule is CC(C)(C)NC(=O)[C@@H]1CCCN(Cc2ccc(Cl)cc2Cl)C1. The van der Waals surface area contributed by atoms with Crippen molar-refractivity contribution in [1.29, 1.82) is 0 Å².